The van der Waals surface area contributed by atoms with Crippen LogP contribution in [0, 0.1) is 5.41 Å². The van der Waals surface area contributed by atoms with Gasteiger partial charge < -0.3 is 20.9 Å². The van der Waals surface area contributed by atoms with Crippen molar-refractivity contribution < 1.29 is 14.6 Å². The monoisotopic (exact) mass is 348 g/mol. The molecule has 1 atom stereocenters. The zero-order valence-corrected chi connectivity index (χ0v) is 13.8. The standard InChI is InChI=1S/C15H21ClN2O3.ClH/c16-12-3-1-2-11(8-12)13(19)9-18-14(20)15(10-17)4-6-21-7-5-15;/h1-3,8,13,19H,4-7,9-10,17H2,(H,18,20);1H. The van der Waals surface area contributed by atoms with E-state index in [1.165, 1.54) is 0 Å². The molecule has 0 spiro atoms. The van der Waals surface area contributed by atoms with Crippen LogP contribution in [0.1, 0.15) is 24.5 Å². The summed E-state index contributed by atoms with van der Waals surface area (Å²) in [6, 6.07) is 6.96. The van der Waals surface area contributed by atoms with Crippen molar-refractivity contribution in [1.82, 2.24) is 5.32 Å². The third-order valence-corrected chi connectivity index (χ3v) is 4.25. The number of nitrogens with two attached hydrogens (primary N) is 1. The molecule has 5 nitrogen and oxygen atoms in total. The lowest BCUT2D eigenvalue weighted by Gasteiger charge is -2.34. The molecule has 0 saturated carbocycles. The van der Waals surface area contributed by atoms with E-state index in [1.54, 1.807) is 24.3 Å². The Morgan fingerprint density at radius 1 is 1.45 bits per heavy atom. The molecular formula is C15H22Cl2N2O3. The number of hydrogen-bond donors (Lipinski definition) is 3. The Balaban J connectivity index is 0.00000242. The van der Waals surface area contributed by atoms with Crippen molar-refractivity contribution in [3.05, 3.63) is 34.9 Å². The average molecular weight is 349 g/mol. The Hall–Kier alpha value is -0.850. The van der Waals surface area contributed by atoms with Crippen molar-refractivity contribution in [2.45, 2.75) is 18.9 Å². The topological polar surface area (TPSA) is 84.6 Å². The molecule has 22 heavy (non-hydrogen) atoms. The number of nitrogens with one attached hydrogen (secondary N) is 1. The third kappa shape index (κ3) is 4.57. The molecule has 0 aromatic heterocycles. The maximum absolute atomic E-state index is 12.4. The van der Waals surface area contributed by atoms with Gasteiger partial charge in [-0.25, -0.2) is 0 Å². The molecule has 1 heterocycles. The molecule has 1 aromatic rings. The molecule has 1 aliphatic heterocycles. The highest BCUT2D eigenvalue weighted by Crippen LogP contribution is 2.29. The fourth-order valence-corrected chi connectivity index (χ4v) is 2.69. The van der Waals surface area contributed by atoms with Gasteiger partial charge in [0.1, 0.15) is 0 Å². The molecule has 7 heteroatoms. The van der Waals surface area contributed by atoms with Gasteiger partial charge in [0.15, 0.2) is 0 Å². The lowest BCUT2D eigenvalue weighted by molar-refractivity contribution is -0.136. The van der Waals surface area contributed by atoms with Gasteiger partial charge in [0.25, 0.3) is 0 Å². The summed E-state index contributed by atoms with van der Waals surface area (Å²) in [5.41, 5.74) is 5.88. The van der Waals surface area contributed by atoms with Crippen molar-refractivity contribution in [2.75, 3.05) is 26.3 Å². The number of carbonyl (C=O) groups is 1. The third-order valence-electron chi connectivity index (χ3n) is 4.01. The molecule has 1 unspecified atom stereocenters. The van der Waals surface area contributed by atoms with Crippen LogP contribution in [-0.2, 0) is 9.53 Å². The molecule has 1 saturated heterocycles. The number of benzene rings is 1. The Morgan fingerprint density at radius 2 is 2.14 bits per heavy atom. The van der Waals surface area contributed by atoms with Crippen LogP contribution >= 0.6 is 24.0 Å². The van der Waals surface area contributed by atoms with E-state index >= 15 is 0 Å². The molecule has 0 radical (unpaired) electrons. The van der Waals surface area contributed by atoms with Crippen LogP contribution in [0.2, 0.25) is 5.02 Å². The first kappa shape index (κ1) is 19.2. The molecule has 1 amide bonds. The van der Waals surface area contributed by atoms with E-state index in [0.717, 1.165) is 0 Å². The maximum Gasteiger partial charge on any atom is 0.227 e. The van der Waals surface area contributed by atoms with Crippen LogP contribution in [0.15, 0.2) is 24.3 Å². The van der Waals surface area contributed by atoms with Gasteiger partial charge in [-0.1, -0.05) is 23.7 Å². The number of aliphatic hydroxyl groups is 1. The first-order chi connectivity index (χ1) is 10.1. The Kier molecular flexibility index (Phi) is 7.59. The second-order valence-corrected chi connectivity index (χ2v) is 5.81. The number of aliphatic hydroxyl groups excluding tert-OH is 1. The quantitative estimate of drug-likeness (QED) is 0.755. The Labute approximate surface area is 141 Å². The van der Waals surface area contributed by atoms with Crippen LogP contribution in [0.4, 0.5) is 0 Å². The fourth-order valence-electron chi connectivity index (χ4n) is 2.49. The first-order valence-electron chi connectivity index (χ1n) is 7.07. The van der Waals surface area contributed by atoms with Crippen molar-refractivity contribution in [3.8, 4) is 0 Å². The Morgan fingerprint density at radius 3 is 2.73 bits per heavy atom. The van der Waals surface area contributed by atoms with E-state index in [1.807, 2.05) is 0 Å². The largest absolute Gasteiger partial charge is 0.387 e. The second kappa shape index (κ2) is 8.70. The van der Waals surface area contributed by atoms with Crippen molar-refractivity contribution in [2.24, 2.45) is 11.1 Å². The normalized spacial score (nSPS) is 18.1. The van der Waals surface area contributed by atoms with Gasteiger partial charge in [0.05, 0.1) is 11.5 Å². The summed E-state index contributed by atoms with van der Waals surface area (Å²) in [6.07, 6.45) is 0.438. The summed E-state index contributed by atoms with van der Waals surface area (Å²) < 4.78 is 5.29. The van der Waals surface area contributed by atoms with Crippen LogP contribution < -0.4 is 11.1 Å². The molecule has 1 aromatic carbocycles. The average Bonchev–Trinajstić information content (AvgIpc) is 2.52. The van der Waals surface area contributed by atoms with Crippen molar-refractivity contribution >= 4 is 29.9 Å². The second-order valence-electron chi connectivity index (χ2n) is 5.38. The van der Waals surface area contributed by atoms with Crippen LogP contribution in [0.5, 0.6) is 0 Å². The molecule has 124 valence electrons. The number of hydrogen-bond acceptors (Lipinski definition) is 4. The van der Waals surface area contributed by atoms with Gasteiger partial charge in [-0.05, 0) is 30.5 Å². The van der Waals surface area contributed by atoms with E-state index < -0.39 is 11.5 Å². The van der Waals surface area contributed by atoms with Crippen molar-refractivity contribution in [3.63, 3.8) is 0 Å². The highest BCUT2D eigenvalue weighted by molar-refractivity contribution is 6.30. The predicted octanol–water partition coefficient (Wildman–Crippen LogP) is 1.67. The number of halogens is 2. The molecule has 0 bridgehead atoms. The minimum absolute atomic E-state index is 0. The van der Waals surface area contributed by atoms with E-state index in [9.17, 15) is 9.90 Å². The maximum atomic E-state index is 12.4. The summed E-state index contributed by atoms with van der Waals surface area (Å²) in [5, 5.41) is 13.5. The van der Waals surface area contributed by atoms with Crippen LogP contribution in [0.3, 0.4) is 0 Å². The fraction of sp³-hybridized carbons (Fsp3) is 0.533. The number of carbonyl (C=O) groups excluding carboxylic acids is 1. The highest BCUT2D eigenvalue weighted by Gasteiger charge is 2.38. The number of amides is 1. The molecule has 0 aliphatic carbocycles. The summed E-state index contributed by atoms with van der Waals surface area (Å²) in [5.74, 6) is -0.116. The summed E-state index contributed by atoms with van der Waals surface area (Å²) >= 11 is 5.89. The van der Waals surface area contributed by atoms with Gasteiger partial charge in [0, 0.05) is 31.3 Å². The van der Waals surface area contributed by atoms with E-state index in [0.29, 0.717) is 36.6 Å². The highest BCUT2D eigenvalue weighted by atomic mass is 35.5. The van der Waals surface area contributed by atoms with Gasteiger partial charge >= 0.3 is 0 Å². The molecule has 1 fully saturated rings. The first-order valence-corrected chi connectivity index (χ1v) is 7.45. The molecule has 2 rings (SSSR count). The van der Waals surface area contributed by atoms with Gasteiger partial charge in [-0.3, -0.25) is 4.79 Å². The van der Waals surface area contributed by atoms with E-state index in [-0.39, 0.29) is 31.4 Å². The van der Waals surface area contributed by atoms with Crippen LogP contribution in [-0.4, -0.2) is 37.3 Å². The molecular weight excluding hydrogens is 327 g/mol. The van der Waals surface area contributed by atoms with E-state index in [4.69, 9.17) is 22.1 Å². The zero-order valence-electron chi connectivity index (χ0n) is 12.3. The SMILES string of the molecule is Cl.NCC1(C(=O)NCC(O)c2cccc(Cl)c2)CCOCC1. The van der Waals surface area contributed by atoms with E-state index in [2.05, 4.69) is 5.32 Å². The lowest BCUT2D eigenvalue weighted by atomic mass is 9.79. The minimum atomic E-state index is -0.790. The molecule has 1 aliphatic rings. The number of rotatable bonds is 5. The van der Waals surface area contributed by atoms with Gasteiger partial charge in [-0.2, -0.15) is 0 Å². The minimum Gasteiger partial charge on any atom is -0.387 e. The summed E-state index contributed by atoms with van der Waals surface area (Å²) in [4.78, 5) is 12.4. The zero-order chi connectivity index (χ0) is 15.3. The van der Waals surface area contributed by atoms with Gasteiger partial charge in [-0.15, -0.1) is 12.4 Å². The Bertz CT molecular complexity index is 493. The van der Waals surface area contributed by atoms with Crippen LogP contribution in [0.25, 0.3) is 0 Å². The van der Waals surface area contributed by atoms with Gasteiger partial charge in [0.2, 0.25) is 5.91 Å². The smallest absolute Gasteiger partial charge is 0.227 e. The number of ether oxygens (including phenoxy) is 1. The summed E-state index contributed by atoms with van der Waals surface area (Å²) in [6.45, 7) is 1.51. The lowest BCUT2D eigenvalue weighted by Crippen LogP contribution is -2.49. The van der Waals surface area contributed by atoms with Crippen molar-refractivity contribution in [1.29, 1.82) is 0 Å². The predicted molar refractivity (Wildman–Crippen MR) is 88.2 cm³/mol. The summed E-state index contributed by atoms with van der Waals surface area (Å²) in [7, 11) is 0. The molecule has 4 N–H and O–H groups in total.